The molecular weight excluding hydrogens is 215 g/mol. The number of likely N-dealkylation sites (tertiary alicyclic amines) is 1. The molecule has 1 aromatic carbocycles. The highest BCUT2D eigenvalue weighted by atomic mass is 19.1. The van der Waals surface area contributed by atoms with Crippen molar-refractivity contribution in [2.45, 2.75) is 44.8 Å². The van der Waals surface area contributed by atoms with Crippen molar-refractivity contribution in [3.05, 3.63) is 35.6 Å². The van der Waals surface area contributed by atoms with Gasteiger partial charge in [0.15, 0.2) is 0 Å². The Morgan fingerprint density at radius 1 is 1.29 bits per heavy atom. The van der Waals surface area contributed by atoms with Crippen LogP contribution in [-0.2, 0) is 0 Å². The monoisotopic (exact) mass is 236 g/mol. The maximum absolute atomic E-state index is 13.0. The van der Waals surface area contributed by atoms with E-state index in [0.29, 0.717) is 6.04 Å². The minimum absolute atomic E-state index is 0.150. The van der Waals surface area contributed by atoms with Crippen molar-refractivity contribution in [3.63, 3.8) is 0 Å². The first kappa shape index (κ1) is 12.5. The second-order valence-corrected chi connectivity index (χ2v) is 5.13. The Morgan fingerprint density at radius 3 is 2.53 bits per heavy atom. The van der Waals surface area contributed by atoms with Gasteiger partial charge in [-0.25, -0.2) is 4.39 Å². The van der Waals surface area contributed by atoms with Crippen molar-refractivity contribution in [1.82, 2.24) is 4.90 Å². The summed E-state index contributed by atoms with van der Waals surface area (Å²) in [5.41, 5.74) is 7.37. The van der Waals surface area contributed by atoms with Crippen LogP contribution in [0.4, 0.5) is 4.39 Å². The van der Waals surface area contributed by atoms with Gasteiger partial charge in [-0.15, -0.1) is 0 Å². The second-order valence-electron chi connectivity index (χ2n) is 5.13. The summed E-state index contributed by atoms with van der Waals surface area (Å²) in [6, 6.07) is 7.61. The van der Waals surface area contributed by atoms with Crippen molar-refractivity contribution < 1.29 is 4.39 Å². The molecule has 2 N–H and O–H groups in total. The van der Waals surface area contributed by atoms with E-state index in [1.54, 1.807) is 0 Å². The van der Waals surface area contributed by atoms with E-state index < -0.39 is 0 Å². The molecule has 94 valence electrons. The minimum Gasteiger partial charge on any atom is -0.326 e. The fourth-order valence-corrected chi connectivity index (χ4v) is 2.73. The van der Waals surface area contributed by atoms with Gasteiger partial charge in [0, 0.05) is 12.1 Å². The quantitative estimate of drug-likeness (QED) is 0.855. The van der Waals surface area contributed by atoms with Gasteiger partial charge in [-0.05, 0) is 50.9 Å². The lowest BCUT2D eigenvalue weighted by Crippen LogP contribution is -2.48. The molecule has 1 fully saturated rings. The first-order chi connectivity index (χ1) is 8.09. The van der Waals surface area contributed by atoms with E-state index in [4.69, 9.17) is 5.73 Å². The highest BCUT2D eigenvalue weighted by molar-refractivity contribution is 5.22. The van der Waals surface area contributed by atoms with Gasteiger partial charge in [0.25, 0.3) is 0 Å². The van der Waals surface area contributed by atoms with Crippen LogP contribution in [0.5, 0.6) is 0 Å². The zero-order valence-corrected chi connectivity index (χ0v) is 10.6. The standard InChI is InChI=1S/C14H21FN2/c1-10(2)17-9-3-4-13(16)14(17)11-5-7-12(15)8-6-11/h5-8,10,13-14H,3-4,9,16H2,1-2H3. The Kier molecular flexibility index (Phi) is 3.79. The van der Waals surface area contributed by atoms with Crippen LogP contribution in [0.25, 0.3) is 0 Å². The average molecular weight is 236 g/mol. The van der Waals surface area contributed by atoms with E-state index in [9.17, 15) is 4.39 Å². The molecule has 0 bridgehead atoms. The van der Waals surface area contributed by atoms with Crippen molar-refractivity contribution in [2.24, 2.45) is 5.73 Å². The number of nitrogens with two attached hydrogens (primary N) is 1. The molecule has 0 radical (unpaired) electrons. The van der Waals surface area contributed by atoms with Gasteiger partial charge in [-0.1, -0.05) is 12.1 Å². The summed E-state index contributed by atoms with van der Waals surface area (Å²) in [4.78, 5) is 2.42. The van der Waals surface area contributed by atoms with Gasteiger partial charge in [-0.3, -0.25) is 4.90 Å². The Morgan fingerprint density at radius 2 is 1.94 bits per heavy atom. The van der Waals surface area contributed by atoms with E-state index >= 15 is 0 Å². The average Bonchev–Trinajstić information content (AvgIpc) is 2.30. The second kappa shape index (κ2) is 5.15. The zero-order chi connectivity index (χ0) is 12.4. The number of hydrogen-bond donors (Lipinski definition) is 1. The van der Waals surface area contributed by atoms with Crippen molar-refractivity contribution in [2.75, 3.05) is 6.54 Å². The molecule has 1 aromatic rings. The molecule has 0 saturated carbocycles. The number of benzene rings is 1. The van der Waals surface area contributed by atoms with Crippen LogP contribution >= 0.6 is 0 Å². The SMILES string of the molecule is CC(C)N1CCCC(N)C1c1ccc(F)cc1. The summed E-state index contributed by atoms with van der Waals surface area (Å²) < 4.78 is 13.0. The van der Waals surface area contributed by atoms with Crippen molar-refractivity contribution in [1.29, 1.82) is 0 Å². The zero-order valence-electron chi connectivity index (χ0n) is 10.6. The van der Waals surface area contributed by atoms with E-state index in [1.165, 1.54) is 12.1 Å². The van der Waals surface area contributed by atoms with Crippen LogP contribution in [0.15, 0.2) is 24.3 Å². The normalized spacial score (nSPS) is 26.4. The number of hydrogen-bond acceptors (Lipinski definition) is 2. The Balaban J connectivity index is 2.27. The highest BCUT2D eigenvalue weighted by Gasteiger charge is 2.31. The van der Waals surface area contributed by atoms with Gasteiger partial charge in [-0.2, -0.15) is 0 Å². The van der Waals surface area contributed by atoms with Crippen molar-refractivity contribution in [3.8, 4) is 0 Å². The first-order valence-electron chi connectivity index (χ1n) is 6.36. The van der Waals surface area contributed by atoms with E-state index in [0.717, 1.165) is 24.9 Å². The van der Waals surface area contributed by atoms with Crippen LogP contribution in [0.3, 0.4) is 0 Å². The molecule has 0 aromatic heterocycles. The fourth-order valence-electron chi connectivity index (χ4n) is 2.73. The van der Waals surface area contributed by atoms with Crippen LogP contribution in [0.1, 0.15) is 38.3 Å². The number of piperidine rings is 1. The molecule has 0 spiro atoms. The predicted octanol–water partition coefficient (Wildman–Crippen LogP) is 2.70. The van der Waals surface area contributed by atoms with Crippen LogP contribution in [-0.4, -0.2) is 23.5 Å². The molecule has 1 aliphatic heterocycles. The van der Waals surface area contributed by atoms with Gasteiger partial charge in [0.2, 0.25) is 0 Å². The number of rotatable bonds is 2. The summed E-state index contributed by atoms with van der Waals surface area (Å²) in [7, 11) is 0. The lowest BCUT2D eigenvalue weighted by Gasteiger charge is -2.42. The third-order valence-corrected chi connectivity index (χ3v) is 3.59. The van der Waals surface area contributed by atoms with Gasteiger partial charge >= 0.3 is 0 Å². The molecule has 2 unspecified atom stereocenters. The molecule has 1 aliphatic rings. The summed E-state index contributed by atoms with van der Waals surface area (Å²) in [5.74, 6) is -0.186. The molecule has 1 saturated heterocycles. The summed E-state index contributed by atoms with van der Waals surface area (Å²) in [5, 5.41) is 0. The predicted molar refractivity (Wildman–Crippen MR) is 68.2 cm³/mol. The van der Waals surface area contributed by atoms with E-state index in [2.05, 4.69) is 18.7 Å². The highest BCUT2D eigenvalue weighted by Crippen LogP contribution is 2.31. The molecule has 0 aliphatic carbocycles. The largest absolute Gasteiger partial charge is 0.326 e. The van der Waals surface area contributed by atoms with E-state index in [-0.39, 0.29) is 17.9 Å². The molecule has 2 nitrogen and oxygen atoms in total. The summed E-state index contributed by atoms with van der Waals surface area (Å²) >= 11 is 0. The van der Waals surface area contributed by atoms with Gasteiger partial charge < -0.3 is 5.73 Å². The number of nitrogens with zero attached hydrogens (tertiary/aromatic N) is 1. The molecule has 1 heterocycles. The van der Waals surface area contributed by atoms with Crippen LogP contribution < -0.4 is 5.73 Å². The lowest BCUT2D eigenvalue weighted by atomic mass is 9.90. The molecule has 2 rings (SSSR count). The first-order valence-corrected chi connectivity index (χ1v) is 6.36. The Hall–Kier alpha value is -0.930. The maximum atomic E-state index is 13.0. The maximum Gasteiger partial charge on any atom is 0.123 e. The molecule has 17 heavy (non-hydrogen) atoms. The number of halogens is 1. The lowest BCUT2D eigenvalue weighted by molar-refractivity contribution is 0.0946. The Labute approximate surface area is 103 Å². The molecule has 3 heteroatoms. The Bertz CT molecular complexity index is 361. The van der Waals surface area contributed by atoms with E-state index in [1.807, 2.05) is 12.1 Å². The van der Waals surface area contributed by atoms with Crippen LogP contribution in [0, 0.1) is 5.82 Å². The van der Waals surface area contributed by atoms with Gasteiger partial charge in [0.1, 0.15) is 5.82 Å². The third kappa shape index (κ3) is 2.67. The van der Waals surface area contributed by atoms with Crippen molar-refractivity contribution >= 4 is 0 Å². The molecule has 0 amide bonds. The van der Waals surface area contributed by atoms with Gasteiger partial charge in [0.05, 0.1) is 6.04 Å². The minimum atomic E-state index is -0.186. The summed E-state index contributed by atoms with van der Waals surface area (Å²) in [6.45, 7) is 5.45. The smallest absolute Gasteiger partial charge is 0.123 e. The third-order valence-electron chi connectivity index (χ3n) is 3.59. The van der Waals surface area contributed by atoms with Crippen LogP contribution in [0.2, 0.25) is 0 Å². The fraction of sp³-hybridized carbons (Fsp3) is 0.571. The molecule has 2 atom stereocenters. The summed E-state index contributed by atoms with van der Waals surface area (Å²) in [6.07, 6.45) is 2.20. The molecular formula is C14H21FN2. The topological polar surface area (TPSA) is 29.3 Å².